The molecule has 2 unspecified atom stereocenters. The molecule has 1 fully saturated rings. The Morgan fingerprint density at radius 2 is 0.754 bits per heavy atom. The number of anilines is 2. The SMILES string of the molecule is CC12CCCCC1(C)N(c1ccccc1)c1ccc(-c3ccc(-c4cc(-c5ccccc5)c5ccc6c(-c7ccccc7)cc(-c7ccccc7)c7ccc4c5c67)cc3)cc12. The van der Waals surface area contributed by atoms with Crippen LogP contribution >= 0.6 is 0 Å². The molecule has 0 amide bonds. The van der Waals surface area contributed by atoms with Crippen LogP contribution in [0.2, 0.25) is 0 Å². The standard InChI is InChI=1S/C60H47N/c1-59-35-15-16-36-60(59,2)61(46-23-13-6-14-24-46)56-34-29-45(37-55(56)59)40-25-27-44(28-26-40)54-39-53(43-21-11-5-12-22-43)49-31-30-47-51(41-17-7-3-8-18-41)38-52(42-19-9-4-10-20-42)48-32-33-50(54)58(49)57(47)48/h3-14,17-34,37-39H,15-16,35-36H2,1-2H3. The highest BCUT2D eigenvalue weighted by molar-refractivity contribution is 6.32. The van der Waals surface area contributed by atoms with Gasteiger partial charge in [0.1, 0.15) is 0 Å². The van der Waals surface area contributed by atoms with Gasteiger partial charge >= 0.3 is 0 Å². The molecule has 2 aliphatic rings. The maximum absolute atomic E-state index is 2.66. The molecule has 10 aromatic carbocycles. The summed E-state index contributed by atoms with van der Waals surface area (Å²) in [5.41, 5.74) is 16.8. The summed E-state index contributed by atoms with van der Waals surface area (Å²) in [4.78, 5) is 2.66. The molecule has 61 heavy (non-hydrogen) atoms. The summed E-state index contributed by atoms with van der Waals surface area (Å²) in [6.45, 7) is 5.05. The van der Waals surface area contributed by atoms with Crippen LogP contribution in [-0.4, -0.2) is 5.54 Å². The van der Waals surface area contributed by atoms with Crippen molar-refractivity contribution in [3.8, 4) is 55.6 Å². The first-order valence-electron chi connectivity index (χ1n) is 22.1. The number of hydrogen-bond donors (Lipinski definition) is 0. The van der Waals surface area contributed by atoms with Crippen LogP contribution in [0.25, 0.3) is 88.0 Å². The summed E-state index contributed by atoms with van der Waals surface area (Å²) in [6.07, 6.45) is 4.95. The molecule has 0 radical (unpaired) electrons. The molecule has 10 aromatic rings. The zero-order valence-corrected chi connectivity index (χ0v) is 34.8. The molecule has 1 saturated carbocycles. The van der Waals surface area contributed by atoms with Crippen LogP contribution in [0.1, 0.15) is 45.1 Å². The van der Waals surface area contributed by atoms with Gasteiger partial charge in [0.2, 0.25) is 0 Å². The van der Waals surface area contributed by atoms with Gasteiger partial charge in [-0.05, 0) is 150 Å². The monoisotopic (exact) mass is 781 g/mol. The van der Waals surface area contributed by atoms with Crippen molar-refractivity contribution in [3.05, 3.63) is 206 Å². The van der Waals surface area contributed by atoms with Crippen molar-refractivity contribution in [2.24, 2.45) is 0 Å². The van der Waals surface area contributed by atoms with E-state index >= 15 is 0 Å². The first kappa shape index (κ1) is 35.9. The zero-order valence-electron chi connectivity index (χ0n) is 34.8. The number of nitrogens with zero attached hydrogens (tertiary/aromatic N) is 1. The lowest BCUT2D eigenvalue weighted by Gasteiger charge is -2.50. The molecule has 1 aliphatic carbocycles. The van der Waals surface area contributed by atoms with Gasteiger partial charge in [0.05, 0.1) is 5.54 Å². The third-order valence-electron chi connectivity index (χ3n) is 14.8. The van der Waals surface area contributed by atoms with Crippen molar-refractivity contribution >= 4 is 43.7 Å². The lowest BCUT2D eigenvalue weighted by Crippen LogP contribution is -2.54. The molecule has 2 atom stereocenters. The molecule has 1 heteroatoms. The summed E-state index contributed by atoms with van der Waals surface area (Å²) in [7, 11) is 0. The van der Waals surface area contributed by atoms with E-state index in [0.29, 0.717) is 0 Å². The molecule has 1 aliphatic heterocycles. The third-order valence-corrected chi connectivity index (χ3v) is 14.8. The second-order valence-corrected chi connectivity index (χ2v) is 17.9. The van der Waals surface area contributed by atoms with Crippen LogP contribution in [0.5, 0.6) is 0 Å². The Labute approximate surface area is 358 Å². The topological polar surface area (TPSA) is 3.24 Å². The van der Waals surface area contributed by atoms with Crippen molar-refractivity contribution < 1.29 is 0 Å². The van der Waals surface area contributed by atoms with E-state index in [-0.39, 0.29) is 11.0 Å². The highest BCUT2D eigenvalue weighted by Crippen LogP contribution is 2.61. The van der Waals surface area contributed by atoms with Crippen molar-refractivity contribution in [2.75, 3.05) is 4.90 Å². The molecule has 12 rings (SSSR count). The minimum absolute atomic E-state index is 0.0343. The average molecular weight is 782 g/mol. The molecule has 0 saturated heterocycles. The van der Waals surface area contributed by atoms with Gasteiger partial charge in [0, 0.05) is 16.8 Å². The van der Waals surface area contributed by atoms with E-state index in [2.05, 4.69) is 219 Å². The predicted octanol–water partition coefficient (Wildman–Crippen LogP) is 16.7. The highest BCUT2D eigenvalue weighted by atomic mass is 15.3. The van der Waals surface area contributed by atoms with E-state index in [1.165, 1.54) is 131 Å². The van der Waals surface area contributed by atoms with E-state index in [1.54, 1.807) is 0 Å². The van der Waals surface area contributed by atoms with Crippen LogP contribution in [0.3, 0.4) is 0 Å². The van der Waals surface area contributed by atoms with Crippen LogP contribution in [0.4, 0.5) is 11.4 Å². The average Bonchev–Trinajstić information content (AvgIpc) is 3.54. The summed E-state index contributed by atoms with van der Waals surface area (Å²) >= 11 is 0. The van der Waals surface area contributed by atoms with E-state index < -0.39 is 0 Å². The Morgan fingerprint density at radius 1 is 0.361 bits per heavy atom. The molecule has 0 N–H and O–H groups in total. The van der Waals surface area contributed by atoms with Crippen LogP contribution < -0.4 is 4.90 Å². The lowest BCUT2D eigenvalue weighted by molar-refractivity contribution is 0.195. The van der Waals surface area contributed by atoms with Crippen molar-refractivity contribution in [1.29, 1.82) is 0 Å². The quantitative estimate of drug-likeness (QED) is 0.152. The maximum Gasteiger partial charge on any atom is 0.0517 e. The molecule has 1 nitrogen and oxygen atoms in total. The fourth-order valence-corrected chi connectivity index (χ4v) is 11.5. The third kappa shape index (κ3) is 5.39. The van der Waals surface area contributed by atoms with Gasteiger partial charge in [-0.25, -0.2) is 0 Å². The van der Waals surface area contributed by atoms with Gasteiger partial charge in [-0.2, -0.15) is 0 Å². The molecule has 0 aromatic heterocycles. The second-order valence-electron chi connectivity index (χ2n) is 17.9. The highest BCUT2D eigenvalue weighted by Gasteiger charge is 2.57. The lowest BCUT2D eigenvalue weighted by atomic mass is 9.61. The number of rotatable bonds is 6. The predicted molar refractivity (Wildman–Crippen MR) is 260 cm³/mol. The first-order valence-corrected chi connectivity index (χ1v) is 22.1. The summed E-state index contributed by atoms with van der Waals surface area (Å²) in [5, 5.41) is 7.81. The number of benzene rings is 10. The van der Waals surface area contributed by atoms with Crippen molar-refractivity contribution in [2.45, 2.75) is 50.5 Å². The Kier molecular flexibility index (Phi) is 8.13. The van der Waals surface area contributed by atoms with Crippen LogP contribution in [-0.2, 0) is 5.41 Å². The van der Waals surface area contributed by atoms with Gasteiger partial charge in [0.15, 0.2) is 0 Å². The zero-order chi connectivity index (χ0) is 40.7. The largest absolute Gasteiger partial charge is 0.334 e. The van der Waals surface area contributed by atoms with Gasteiger partial charge < -0.3 is 4.90 Å². The van der Waals surface area contributed by atoms with Gasteiger partial charge in [-0.15, -0.1) is 0 Å². The molecular formula is C60H47N. The minimum atomic E-state index is 0.0343. The fourth-order valence-electron chi connectivity index (χ4n) is 11.5. The van der Waals surface area contributed by atoms with Crippen LogP contribution in [0.15, 0.2) is 200 Å². The van der Waals surface area contributed by atoms with Crippen molar-refractivity contribution in [3.63, 3.8) is 0 Å². The Balaban J connectivity index is 1.05. The smallest absolute Gasteiger partial charge is 0.0517 e. The van der Waals surface area contributed by atoms with Crippen LogP contribution in [0, 0.1) is 0 Å². The second kappa shape index (κ2) is 13.8. The normalized spacial score (nSPS) is 18.5. The molecule has 0 bridgehead atoms. The Morgan fingerprint density at radius 3 is 1.23 bits per heavy atom. The van der Waals surface area contributed by atoms with E-state index in [0.717, 1.165) is 0 Å². The summed E-state index contributed by atoms with van der Waals surface area (Å²) < 4.78 is 0. The maximum atomic E-state index is 2.66. The summed E-state index contributed by atoms with van der Waals surface area (Å²) in [5.74, 6) is 0. The van der Waals surface area contributed by atoms with Crippen molar-refractivity contribution in [1.82, 2.24) is 0 Å². The number of fused-ring (bicyclic) bond motifs is 3. The molecular weight excluding hydrogens is 735 g/mol. The van der Waals surface area contributed by atoms with Gasteiger partial charge in [-0.3, -0.25) is 0 Å². The number of hydrogen-bond acceptors (Lipinski definition) is 1. The molecule has 0 spiro atoms. The van der Waals surface area contributed by atoms with E-state index in [9.17, 15) is 0 Å². The Bertz CT molecular complexity index is 3180. The Hall–Kier alpha value is -6.96. The molecule has 1 heterocycles. The fraction of sp³-hybridized carbons (Fsp3) is 0.133. The van der Waals surface area contributed by atoms with Gasteiger partial charge in [0.25, 0.3) is 0 Å². The first-order chi connectivity index (χ1) is 30.0. The number of para-hydroxylation sites is 1. The van der Waals surface area contributed by atoms with E-state index in [4.69, 9.17) is 0 Å². The van der Waals surface area contributed by atoms with E-state index in [1.807, 2.05) is 0 Å². The van der Waals surface area contributed by atoms with Gasteiger partial charge in [-0.1, -0.05) is 184 Å². The minimum Gasteiger partial charge on any atom is -0.334 e. The summed E-state index contributed by atoms with van der Waals surface area (Å²) in [6, 6.07) is 74.9. The molecule has 292 valence electrons.